The summed E-state index contributed by atoms with van der Waals surface area (Å²) in [7, 11) is -3.24. The van der Waals surface area contributed by atoms with Crippen molar-refractivity contribution in [3.05, 3.63) is 42.5 Å². The van der Waals surface area contributed by atoms with E-state index in [9.17, 15) is 8.42 Å². The van der Waals surface area contributed by atoms with Gasteiger partial charge < -0.3 is 10.5 Å². The monoisotopic (exact) mass is 291 g/mol. The van der Waals surface area contributed by atoms with Crippen molar-refractivity contribution in [3.8, 4) is 16.9 Å². The number of nitrogens with two attached hydrogens (primary N) is 1. The molecule has 0 fully saturated rings. The Hall–Kier alpha value is -2.01. The van der Waals surface area contributed by atoms with E-state index >= 15 is 0 Å². The molecule has 4 nitrogen and oxygen atoms in total. The zero-order valence-electron chi connectivity index (χ0n) is 11.5. The van der Waals surface area contributed by atoms with Crippen molar-refractivity contribution >= 4 is 15.5 Å². The molecule has 0 bridgehead atoms. The fourth-order valence-electron chi connectivity index (χ4n) is 1.93. The van der Waals surface area contributed by atoms with Crippen LogP contribution >= 0.6 is 0 Å². The van der Waals surface area contributed by atoms with Crippen LogP contribution in [-0.4, -0.2) is 21.3 Å². The highest BCUT2D eigenvalue weighted by Crippen LogP contribution is 2.29. The van der Waals surface area contributed by atoms with Crippen LogP contribution in [0.25, 0.3) is 11.1 Å². The van der Waals surface area contributed by atoms with Gasteiger partial charge in [-0.3, -0.25) is 0 Å². The summed E-state index contributed by atoms with van der Waals surface area (Å²) in [6.07, 6.45) is 1.17. The first-order chi connectivity index (χ1) is 9.41. The van der Waals surface area contributed by atoms with Crippen LogP contribution in [0.1, 0.15) is 6.92 Å². The highest BCUT2D eigenvalue weighted by atomic mass is 32.2. The summed E-state index contributed by atoms with van der Waals surface area (Å²) in [6, 6.07) is 12.3. The highest BCUT2D eigenvalue weighted by molar-refractivity contribution is 7.90. The molecule has 2 aromatic rings. The molecule has 0 saturated heterocycles. The maximum Gasteiger partial charge on any atom is 0.175 e. The molecule has 0 aliphatic heterocycles. The summed E-state index contributed by atoms with van der Waals surface area (Å²) in [4.78, 5) is 0.227. The lowest BCUT2D eigenvalue weighted by Gasteiger charge is -2.09. The topological polar surface area (TPSA) is 69.4 Å². The quantitative estimate of drug-likeness (QED) is 0.879. The number of benzene rings is 2. The molecule has 0 heterocycles. The molecule has 0 aromatic heterocycles. The molecule has 2 aromatic carbocycles. The average molecular weight is 291 g/mol. The Kier molecular flexibility index (Phi) is 3.99. The summed E-state index contributed by atoms with van der Waals surface area (Å²) in [5, 5.41) is 0. The van der Waals surface area contributed by atoms with Gasteiger partial charge in [0, 0.05) is 17.5 Å². The third kappa shape index (κ3) is 3.11. The standard InChI is InChI=1S/C15H17NO3S/c1-3-19-12-6-4-11(5-7-12)14-9-8-13(10-15(14)16)20(2,17)18/h4-10H,3,16H2,1-2H3. The van der Waals surface area contributed by atoms with E-state index in [-0.39, 0.29) is 4.90 Å². The van der Waals surface area contributed by atoms with E-state index in [0.717, 1.165) is 16.9 Å². The molecule has 106 valence electrons. The smallest absolute Gasteiger partial charge is 0.175 e. The van der Waals surface area contributed by atoms with Gasteiger partial charge in [-0.15, -0.1) is 0 Å². The second-order valence-electron chi connectivity index (χ2n) is 4.48. The summed E-state index contributed by atoms with van der Waals surface area (Å²) in [6.45, 7) is 2.54. The molecule has 0 unspecified atom stereocenters. The maximum atomic E-state index is 11.5. The van der Waals surface area contributed by atoms with Gasteiger partial charge in [0.1, 0.15) is 5.75 Å². The van der Waals surface area contributed by atoms with Crippen molar-refractivity contribution in [2.24, 2.45) is 0 Å². The number of hydrogen-bond donors (Lipinski definition) is 1. The van der Waals surface area contributed by atoms with E-state index in [2.05, 4.69) is 0 Å². The van der Waals surface area contributed by atoms with Crippen LogP contribution in [0.3, 0.4) is 0 Å². The van der Waals surface area contributed by atoms with Crippen molar-refractivity contribution in [3.63, 3.8) is 0 Å². The average Bonchev–Trinajstić information content (AvgIpc) is 2.39. The summed E-state index contributed by atoms with van der Waals surface area (Å²) < 4.78 is 28.3. The summed E-state index contributed by atoms with van der Waals surface area (Å²) >= 11 is 0. The van der Waals surface area contributed by atoms with E-state index in [4.69, 9.17) is 10.5 Å². The first kappa shape index (κ1) is 14.4. The van der Waals surface area contributed by atoms with Gasteiger partial charge in [-0.2, -0.15) is 0 Å². The predicted octanol–water partition coefficient (Wildman–Crippen LogP) is 2.74. The molecule has 0 amide bonds. The molecular formula is C15H17NO3S. The minimum absolute atomic E-state index is 0.227. The van der Waals surface area contributed by atoms with Gasteiger partial charge in [-0.1, -0.05) is 18.2 Å². The molecule has 2 N–H and O–H groups in total. The van der Waals surface area contributed by atoms with Crippen LogP contribution in [0.2, 0.25) is 0 Å². The zero-order valence-corrected chi connectivity index (χ0v) is 12.3. The van der Waals surface area contributed by atoms with Gasteiger partial charge in [0.25, 0.3) is 0 Å². The molecule has 2 rings (SSSR count). The minimum atomic E-state index is -3.24. The normalized spacial score (nSPS) is 11.3. The fourth-order valence-corrected chi connectivity index (χ4v) is 2.59. The van der Waals surface area contributed by atoms with E-state index in [1.807, 2.05) is 31.2 Å². The number of nitrogen functional groups attached to an aromatic ring is 1. The molecular weight excluding hydrogens is 274 g/mol. The van der Waals surface area contributed by atoms with Crippen LogP contribution in [-0.2, 0) is 9.84 Å². The Morgan fingerprint density at radius 1 is 1.10 bits per heavy atom. The largest absolute Gasteiger partial charge is 0.494 e. The van der Waals surface area contributed by atoms with Crippen LogP contribution < -0.4 is 10.5 Å². The van der Waals surface area contributed by atoms with Gasteiger partial charge in [0.05, 0.1) is 11.5 Å². The molecule has 20 heavy (non-hydrogen) atoms. The van der Waals surface area contributed by atoms with Gasteiger partial charge in [0.2, 0.25) is 0 Å². The first-order valence-electron chi connectivity index (χ1n) is 6.24. The minimum Gasteiger partial charge on any atom is -0.494 e. The highest BCUT2D eigenvalue weighted by Gasteiger charge is 2.10. The fraction of sp³-hybridized carbons (Fsp3) is 0.200. The van der Waals surface area contributed by atoms with Crippen molar-refractivity contribution in [1.82, 2.24) is 0 Å². The SMILES string of the molecule is CCOc1ccc(-c2ccc(S(C)(=O)=O)cc2N)cc1. The lowest BCUT2D eigenvalue weighted by Crippen LogP contribution is -1.99. The lowest BCUT2D eigenvalue weighted by molar-refractivity contribution is 0.340. The maximum absolute atomic E-state index is 11.5. The molecule has 0 atom stereocenters. The number of rotatable bonds is 4. The second kappa shape index (κ2) is 5.54. The molecule has 0 spiro atoms. The number of anilines is 1. The number of sulfone groups is 1. The van der Waals surface area contributed by atoms with E-state index in [1.165, 1.54) is 12.3 Å². The Bertz CT molecular complexity index is 706. The van der Waals surface area contributed by atoms with Gasteiger partial charge in [-0.25, -0.2) is 8.42 Å². The second-order valence-corrected chi connectivity index (χ2v) is 6.49. The Morgan fingerprint density at radius 2 is 1.75 bits per heavy atom. The molecule has 0 aliphatic rings. The Labute approximate surface area is 119 Å². The zero-order chi connectivity index (χ0) is 14.8. The molecule has 5 heteroatoms. The molecule has 0 aliphatic carbocycles. The number of ether oxygens (including phenoxy) is 1. The van der Waals surface area contributed by atoms with Crippen LogP contribution in [0.4, 0.5) is 5.69 Å². The van der Waals surface area contributed by atoms with Gasteiger partial charge in [0.15, 0.2) is 9.84 Å². The summed E-state index contributed by atoms with van der Waals surface area (Å²) in [5.41, 5.74) is 8.12. The van der Waals surface area contributed by atoms with E-state index < -0.39 is 9.84 Å². The predicted molar refractivity (Wildman–Crippen MR) is 80.6 cm³/mol. The third-order valence-electron chi connectivity index (χ3n) is 2.93. The van der Waals surface area contributed by atoms with Crippen molar-refractivity contribution in [1.29, 1.82) is 0 Å². The van der Waals surface area contributed by atoms with Crippen LogP contribution in [0.15, 0.2) is 47.4 Å². The van der Waals surface area contributed by atoms with Crippen molar-refractivity contribution in [2.45, 2.75) is 11.8 Å². The van der Waals surface area contributed by atoms with Crippen molar-refractivity contribution < 1.29 is 13.2 Å². The van der Waals surface area contributed by atoms with E-state index in [0.29, 0.717) is 12.3 Å². The van der Waals surface area contributed by atoms with Crippen LogP contribution in [0, 0.1) is 0 Å². The third-order valence-corrected chi connectivity index (χ3v) is 4.04. The summed E-state index contributed by atoms with van der Waals surface area (Å²) in [5.74, 6) is 0.794. The number of hydrogen-bond acceptors (Lipinski definition) is 4. The first-order valence-corrected chi connectivity index (χ1v) is 8.14. The molecule has 0 saturated carbocycles. The Balaban J connectivity index is 2.38. The Morgan fingerprint density at radius 3 is 2.25 bits per heavy atom. The van der Waals surface area contributed by atoms with E-state index in [1.54, 1.807) is 12.1 Å². The van der Waals surface area contributed by atoms with Gasteiger partial charge in [-0.05, 0) is 36.8 Å². The lowest BCUT2D eigenvalue weighted by atomic mass is 10.0. The molecule has 0 radical (unpaired) electrons. The van der Waals surface area contributed by atoms with Crippen LogP contribution in [0.5, 0.6) is 5.75 Å². The van der Waals surface area contributed by atoms with Crippen molar-refractivity contribution in [2.75, 3.05) is 18.6 Å². The van der Waals surface area contributed by atoms with Gasteiger partial charge >= 0.3 is 0 Å².